The van der Waals surface area contributed by atoms with Crippen LogP contribution in [-0.2, 0) is 25.6 Å². The van der Waals surface area contributed by atoms with Crippen LogP contribution in [0, 0.1) is 0 Å². The van der Waals surface area contributed by atoms with Crippen molar-refractivity contribution in [3.05, 3.63) is 34.9 Å². The van der Waals surface area contributed by atoms with Crippen LogP contribution in [-0.4, -0.2) is 37.1 Å². The fraction of sp³-hybridized carbons (Fsp3) is 0.625. The van der Waals surface area contributed by atoms with Gasteiger partial charge in [-0.2, -0.15) is 0 Å². The molecular weight excluding hydrogens is 311 g/mol. The number of hydrogen-bond acceptors (Lipinski definition) is 4. The summed E-state index contributed by atoms with van der Waals surface area (Å²) in [5, 5.41) is 0.656. The summed E-state index contributed by atoms with van der Waals surface area (Å²) in [6.07, 6.45) is -0.685. The number of halogens is 2. The summed E-state index contributed by atoms with van der Waals surface area (Å²) >= 11 is 6.14. The third-order valence-corrected chi connectivity index (χ3v) is 4.42. The molecule has 3 rings (SSSR count). The van der Waals surface area contributed by atoms with E-state index < -0.39 is 24.9 Å². The van der Waals surface area contributed by atoms with E-state index in [1.165, 1.54) is 0 Å². The zero-order chi connectivity index (χ0) is 15.7. The van der Waals surface area contributed by atoms with Gasteiger partial charge in [0, 0.05) is 5.02 Å². The van der Waals surface area contributed by atoms with E-state index in [2.05, 4.69) is 0 Å². The summed E-state index contributed by atoms with van der Waals surface area (Å²) in [4.78, 5) is 0. The van der Waals surface area contributed by atoms with Gasteiger partial charge in [-0.1, -0.05) is 36.7 Å². The molecule has 0 aliphatic carbocycles. The maximum atomic E-state index is 13.0. The molecule has 0 spiro atoms. The Morgan fingerprint density at radius 3 is 2.77 bits per heavy atom. The molecule has 0 amide bonds. The first-order valence-corrected chi connectivity index (χ1v) is 7.86. The molecule has 0 aromatic heterocycles. The standard InChI is InChI=1S/C16H20ClFO4/c1-3-12-13(19-8-10-6-4-5-7-11(10)17)14-15(20-12)22-16(2,9-18)21-14/h4-7,12-15H,3,8-9H2,1-2H3/t12-,13+,14-,15-,16?/m1/s1. The first kappa shape index (κ1) is 16.1. The third-order valence-electron chi connectivity index (χ3n) is 4.05. The highest BCUT2D eigenvalue weighted by Crippen LogP contribution is 2.40. The highest BCUT2D eigenvalue weighted by molar-refractivity contribution is 6.31. The van der Waals surface area contributed by atoms with Gasteiger partial charge in [0.1, 0.15) is 18.9 Å². The van der Waals surface area contributed by atoms with Crippen LogP contribution in [0.4, 0.5) is 4.39 Å². The fourth-order valence-corrected chi connectivity index (χ4v) is 3.06. The van der Waals surface area contributed by atoms with Crippen molar-refractivity contribution in [2.24, 2.45) is 0 Å². The molecule has 22 heavy (non-hydrogen) atoms. The molecule has 1 aromatic rings. The number of hydrogen-bond donors (Lipinski definition) is 0. The number of ether oxygens (including phenoxy) is 4. The second-order valence-electron chi connectivity index (χ2n) is 5.79. The van der Waals surface area contributed by atoms with Crippen molar-refractivity contribution in [2.75, 3.05) is 6.67 Å². The van der Waals surface area contributed by atoms with Gasteiger partial charge in [0.25, 0.3) is 0 Å². The van der Waals surface area contributed by atoms with Gasteiger partial charge >= 0.3 is 0 Å². The van der Waals surface area contributed by atoms with Crippen LogP contribution in [0.2, 0.25) is 5.02 Å². The molecule has 4 nitrogen and oxygen atoms in total. The van der Waals surface area contributed by atoms with Crippen LogP contribution in [0.1, 0.15) is 25.8 Å². The molecule has 5 atom stereocenters. The van der Waals surface area contributed by atoms with E-state index in [9.17, 15) is 4.39 Å². The summed E-state index contributed by atoms with van der Waals surface area (Å²) in [6.45, 7) is 3.20. The molecule has 2 aliphatic heterocycles. The Kier molecular flexibility index (Phi) is 4.71. The first-order valence-electron chi connectivity index (χ1n) is 7.48. The van der Waals surface area contributed by atoms with Crippen molar-refractivity contribution in [1.82, 2.24) is 0 Å². The Balaban J connectivity index is 1.69. The van der Waals surface area contributed by atoms with E-state index in [1.807, 2.05) is 31.2 Å². The minimum Gasteiger partial charge on any atom is -0.368 e. The van der Waals surface area contributed by atoms with Crippen LogP contribution in [0.25, 0.3) is 0 Å². The Bertz CT molecular complexity index is 529. The zero-order valence-corrected chi connectivity index (χ0v) is 13.4. The average Bonchev–Trinajstić information content (AvgIpc) is 3.00. The summed E-state index contributed by atoms with van der Waals surface area (Å²) in [5.74, 6) is -1.25. The summed E-state index contributed by atoms with van der Waals surface area (Å²) in [5.41, 5.74) is 0.898. The van der Waals surface area contributed by atoms with Gasteiger partial charge in [0.2, 0.25) is 0 Å². The number of alkyl halides is 1. The molecule has 6 heteroatoms. The molecule has 2 aliphatic rings. The highest BCUT2D eigenvalue weighted by Gasteiger charge is 2.56. The molecule has 0 N–H and O–H groups in total. The average molecular weight is 331 g/mol. The summed E-state index contributed by atoms with van der Waals surface area (Å²) < 4.78 is 36.1. The molecule has 2 fully saturated rings. The highest BCUT2D eigenvalue weighted by atomic mass is 35.5. The predicted molar refractivity (Wildman–Crippen MR) is 79.3 cm³/mol. The van der Waals surface area contributed by atoms with Gasteiger partial charge in [-0.05, 0) is 25.0 Å². The van der Waals surface area contributed by atoms with Gasteiger partial charge in [-0.25, -0.2) is 4.39 Å². The minimum absolute atomic E-state index is 0.137. The topological polar surface area (TPSA) is 36.9 Å². The Labute approximate surface area is 134 Å². The van der Waals surface area contributed by atoms with Gasteiger partial charge in [-0.15, -0.1) is 0 Å². The molecule has 2 heterocycles. The van der Waals surface area contributed by atoms with Crippen LogP contribution < -0.4 is 0 Å². The third kappa shape index (κ3) is 3.01. The molecule has 0 bridgehead atoms. The second-order valence-corrected chi connectivity index (χ2v) is 6.19. The SMILES string of the molecule is CC[C@H]1O[C@@H]2OC(C)(CF)O[C@@H]2[C@H]1OCc1ccccc1Cl. The molecule has 0 radical (unpaired) electrons. The van der Waals surface area contributed by atoms with E-state index in [4.69, 9.17) is 30.5 Å². The maximum absolute atomic E-state index is 13.0. The Hall–Kier alpha value is -0.720. The summed E-state index contributed by atoms with van der Waals surface area (Å²) in [6, 6.07) is 7.51. The molecular formula is C16H20ClFO4. The molecule has 122 valence electrons. The maximum Gasteiger partial charge on any atom is 0.197 e. The van der Waals surface area contributed by atoms with Gasteiger partial charge in [0.05, 0.1) is 12.7 Å². The number of rotatable bonds is 5. The van der Waals surface area contributed by atoms with E-state index in [0.29, 0.717) is 11.6 Å². The summed E-state index contributed by atoms with van der Waals surface area (Å²) in [7, 11) is 0. The van der Waals surface area contributed by atoms with Crippen molar-refractivity contribution < 1.29 is 23.3 Å². The minimum atomic E-state index is -1.25. The van der Waals surface area contributed by atoms with E-state index in [1.54, 1.807) is 6.92 Å². The van der Waals surface area contributed by atoms with Gasteiger partial charge in [0.15, 0.2) is 12.1 Å². The van der Waals surface area contributed by atoms with Crippen molar-refractivity contribution in [2.45, 2.75) is 57.3 Å². The monoisotopic (exact) mass is 330 g/mol. The Morgan fingerprint density at radius 2 is 2.09 bits per heavy atom. The van der Waals surface area contributed by atoms with Crippen molar-refractivity contribution in [3.8, 4) is 0 Å². The molecule has 1 unspecified atom stereocenters. The predicted octanol–water partition coefficient (Wildman–Crippen LogP) is 3.46. The number of benzene rings is 1. The molecule has 2 saturated heterocycles. The van der Waals surface area contributed by atoms with Crippen LogP contribution in [0.5, 0.6) is 0 Å². The quantitative estimate of drug-likeness (QED) is 0.828. The second kappa shape index (κ2) is 6.42. The zero-order valence-electron chi connectivity index (χ0n) is 12.6. The Morgan fingerprint density at radius 1 is 1.32 bits per heavy atom. The van der Waals surface area contributed by atoms with Crippen molar-refractivity contribution in [3.63, 3.8) is 0 Å². The molecule has 1 aromatic carbocycles. The lowest BCUT2D eigenvalue weighted by Gasteiger charge is -2.26. The van der Waals surface area contributed by atoms with Crippen molar-refractivity contribution >= 4 is 11.6 Å². The van der Waals surface area contributed by atoms with E-state index in [0.717, 1.165) is 12.0 Å². The lowest BCUT2D eigenvalue weighted by molar-refractivity contribution is -0.233. The largest absolute Gasteiger partial charge is 0.368 e. The lowest BCUT2D eigenvalue weighted by Crippen LogP contribution is -2.38. The lowest BCUT2D eigenvalue weighted by atomic mass is 10.1. The van der Waals surface area contributed by atoms with Crippen LogP contribution >= 0.6 is 11.6 Å². The normalized spacial score (nSPS) is 37.5. The van der Waals surface area contributed by atoms with Crippen LogP contribution in [0.3, 0.4) is 0 Å². The van der Waals surface area contributed by atoms with Gasteiger partial charge in [-0.3, -0.25) is 0 Å². The van der Waals surface area contributed by atoms with Gasteiger partial charge < -0.3 is 18.9 Å². The smallest absolute Gasteiger partial charge is 0.197 e. The van der Waals surface area contributed by atoms with E-state index >= 15 is 0 Å². The van der Waals surface area contributed by atoms with Crippen LogP contribution in [0.15, 0.2) is 24.3 Å². The fourth-order valence-electron chi connectivity index (χ4n) is 2.87. The number of fused-ring (bicyclic) bond motifs is 1. The molecule has 0 saturated carbocycles. The van der Waals surface area contributed by atoms with Crippen molar-refractivity contribution in [1.29, 1.82) is 0 Å². The first-order chi connectivity index (χ1) is 10.6. The van der Waals surface area contributed by atoms with E-state index in [-0.39, 0.29) is 12.2 Å².